The second kappa shape index (κ2) is 10.4. The smallest absolute Gasteiger partial charge is 0.416 e. The number of nitrogens with zero attached hydrogens (tertiary/aromatic N) is 2. The molecular formula is C29H27F6N3O2. The fourth-order valence-electron chi connectivity index (χ4n) is 5.96. The largest absolute Gasteiger partial charge is 0.497 e. The molecule has 11 heteroatoms. The molecular weight excluding hydrogens is 536 g/mol. The van der Waals surface area contributed by atoms with Crippen LogP contribution in [0.2, 0.25) is 0 Å². The molecule has 3 saturated heterocycles. The van der Waals surface area contributed by atoms with Crippen molar-refractivity contribution in [2.45, 2.75) is 37.3 Å². The third-order valence-corrected chi connectivity index (χ3v) is 7.99. The van der Waals surface area contributed by atoms with Crippen LogP contribution in [0.5, 0.6) is 5.75 Å². The topological polar surface area (TPSA) is 54.5 Å². The summed E-state index contributed by atoms with van der Waals surface area (Å²) in [5.41, 5.74) is -2.55. The lowest BCUT2D eigenvalue weighted by atomic mass is 9.73. The molecule has 3 aliphatic rings. The molecule has 3 aromatic rings. The van der Waals surface area contributed by atoms with Crippen molar-refractivity contribution in [3.63, 3.8) is 0 Å². The molecule has 0 radical (unpaired) electrons. The predicted molar refractivity (Wildman–Crippen MR) is 137 cm³/mol. The third-order valence-electron chi connectivity index (χ3n) is 7.99. The second-order valence-corrected chi connectivity index (χ2v) is 10.3. The first-order valence-electron chi connectivity index (χ1n) is 12.8. The Morgan fingerprint density at radius 2 is 1.80 bits per heavy atom. The highest BCUT2D eigenvalue weighted by Crippen LogP contribution is 2.43. The molecule has 212 valence electrons. The molecule has 1 unspecified atom stereocenters. The summed E-state index contributed by atoms with van der Waals surface area (Å²) in [6.45, 7) is 5.38. The summed E-state index contributed by atoms with van der Waals surface area (Å²) < 4.78 is 86.4. The molecule has 2 bridgehead atoms. The van der Waals surface area contributed by atoms with E-state index in [1.165, 1.54) is 7.11 Å². The van der Waals surface area contributed by atoms with Gasteiger partial charge in [-0.2, -0.15) is 26.3 Å². The van der Waals surface area contributed by atoms with E-state index in [1.54, 1.807) is 30.5 Å². The monoisotopic (exact) mass is 563 g/mol. The first-order chi connectivity index (χ1) is 18.9. The van der Waals surface area contributed by atoms with Crippen LogP contribution in [0.15, 0.2) is 61.3 Å². The van der Waals surface area contributed by atoms with Gasteiger partial charge in [-0.3, -0.25) is 14.7 Å². The molecule has 0 spiro atoms. The van der Waals surface area contributed by atoms with Crippen LogP contribution in [0.1, 0.15) is 45.9 Å². The number of hydrogen-bond acceptors (Lipinski definition) is 4. The molecule has 6 rings (SSSR count). The minimum Gasteiger partial charge on any atom is -0.497 e. The molecule has 0 aliphatic carbocycles. The van der Waals surface area contributed by atoms with Crippen LogP contribution in [0, 0.1) is 11.8 Å². The number of pyridine rings is 1. The van der Waals surface area contributed by atoms with Crippen molar-refractivity contribution in [2.24, 2.45) is 11.8 Å². The van der Waals surface area contributed by atoms with E-state index in [-0.39, 0.29) is 18.0 Å². The molecule has 1 amide bonds. The lowest BCUT2D eigenvalue weighted by Gasteiger charge is -2.51. The summed E-state index contributed by atoms with van der Waals surface area (Å²) in [6.07, 6.45) is -5.05. The summed E-state index contributed by atoms with van der Waals surface area (Å²) >= 11 is 0. The van der Waals surface area contributed by atoms with Gasteiger partial charge >= 0.3 is 12.4 Å². The molecule has 4 heterocycles. The number of hydrogen-bond donors (Lipinski definition) is 1. The van der Waals surface area contributed by atoms with Gasteiger partial charge in [-0.15, -0.1) is 6.58 Å². The molecule has 1 aromatic heterocycles. The van der Waals surface area contributed by atoms with E-state index in [4.69, 9.17) is 4.74 Å². The minimum absolute atomic E-state index is 0.0120. The van der Waals surface area contributed by atoms with E-state index in [9.17, 15) is 31.1 Å². The lowest BCUT2D eigenvalue weighted by molar-refractivity contribution is -0.143. The Bertz CT molecular complexity index is 1410. The number of amides is 1. The summed E-state index contributed by atoms with van der Waals surface area (Å²) in [5.74, 6) is 0.0578. The molecule has 3 fully saturated rings. The number of nitrogens with one attached hydrogen (secondary N) is 1. The Kier molecular flexibility index (Phi) is 7.28. The Morgan fingerprint density at radius 1 is 1.10 bits per heavy atom. The first kappa shape index (κ1) is 27.9. The maximum atomic E-state index is 13.5. The zero-order chi connectivity index (χ0) is 28.8. The first-order valence-corrected chi connectivity index (χ1v) is 12.8. The Morgan fingerprint density at radius 3 is 2.38 bits per heavy atom. The fourth-order valence-corrected chi connectivity index (χ4v) is 5.96. The third kappa shape index (κ3) is 5.39. The number of fused-ring (bicyclic) bond motifs is 4. The highest BCUT2D eigenvalue weighted by atomic mass is 19.4. The Labute approximate surface area is 226 Å². The SMILES string of the molecule is C=C[C@H]1CN2CC[C@H]1C[C@H]2[C@@H](NC(=O)c1cc(C(F)(F)F)cc(C(F)(F)F)c1)c1ccnc2ccc(OC)cc12. The van der Waals surface area contributed by atoms with Crippen LogP contribution >= 0.6 is 0 Å². The number of aromatic nitrogens is 1. The van der Waals surface area contributed by atoms with E-state index in [0.717, 1.165) is 13.0 Å². The number of methoxy groups -OCH3 is 1. The van der Waals surface area contributed by atoms with Gasteiger partial charge in [0.05, 0.1) is 29.8 Å². The van der Waals surface area contributed by atoms with Crippen molar-refractivity contribution < 1.29 is 35.9 Å². The zero-order valence-electron chi connectivity index (χ0n) is 21.5. The Balaban J connectivity index is 1.60. The number of halogens is 6. The number of carbonyl (C=O) groups is 1. The normalized spacial score (nSPS) is 23.6. The standard InChI is InChI=1S/C29H27F6N3O2/c1-3-16-15-38-9-7-17(16)12-25(38)26(22-6-8-36-24-5-4-21(40-2)14-23(22)24)37-27(39)18-10-19(28(30,31)32)13-20(11-18)29(33,34)35/h3-6,8,10-11,13-14,16-17,25-26H,1,7,9,12,15H2,2H3,(H,37,39)/t16-,17-,25-,26-/m0/s1. The zero-order valence-corrected chi connectivity index (χ0v) is 21.5. The van der Waals surface area contributed by atoms with Crippen molar-refractivity contribution in [3.8, 4) is 5.75 Å². The van der Waals surface area contributed by atoms with Gasteiger partial charge in [-0.25, -0.2) is 0 Å². The van der Waals surface area contributed by atoms with Crippen molar-refractivity contribution in [1.82, 2.24) is 15.2 Å². The number of alkyl halides is 6. The number of benzene rings is 2. The van der Waals surface area contributed by atoms with Gasteiger partial charge in [-0.05, 0) is 79.3 Å². The van der Waals surface area contributed by atoms with E-state index >= 15 is 0 Å². The van der Waals surface area contributed by atoms with E-state index < -0.39 is 41.0 Å². The van der Waals surface area contributed by atoms with Crippen LogP contribution < -0.4 is 10.1 Å². The number of carbonyl (C=O) groups excluding carboxylic acids is 1. The van der Waals surface area contributed by atoms with Crippen LogP contribution in [-0.2, 0) is 12.4 Å². The van der Waals surface area contributed by atoms with Crippen LogP contribution in [0.3, 0.4) is 0 Å². The minimum atomic E-state index is -5.07. The second-order valence-electron chi connectivity index (χ2n) is 10.3. The van der Waals surface area contributed by atoms with E-state index in [2.05, 4.69) is 21.8 Å². The molecule has 40 heavy (non-hydrogen) atoms. The van der Waals surface area contributed by atoms with Gasteiger partial charge in [0.25, 0.3) is 5.91 Å². The van der Waals surface area contributed by atoms with E-state index in [1.807, 2.05) is 6.08 Å². The molecule has 3 aliphatic heterocycles. The summed E-state index contributed by atoms with van der Waals surface area (Å²) in [6, 6.07) is 6.88. The highest BCUT2D eigenvalue weighted by Gasteiger charge is 2.44. The van der Waals surface area contributed by atoms with Gasteiger partial charge in [0, 0.05) is 29.7 Å². The lowest BCUT2D eigenvalue weighted by Crippen LogP contribution is -2.57. The number of piperidine rings is 3. The van der Waals surface area contributed by atoms with Crippen molar-refractivity contribution >= 4 is 16.8 Å². The number of rotatable bonds is 6. The highest BCUT2D eigenvalue weighted by molar-refractivity contribution is 5.95. The van der Waals surface area contributed by atoms with Crippen molar-refractivity contribution in [1.29, 1.82) is 0 Å². The molecule has 1 N–H and O–H groups in total. The van der Waals surface area contributed by atoms with Gasteiger partial charge in [0.2, 0.25) is 0 Å². The van der Waals surface area contributed by atoms with Crippen molar-refractivity contribution in [3.05, 3.63) is 83.6 Å². The maximum Gasteiger partial charge on any atom is 0.416 e. The quantitative estimate of drug-likeness (QED) is 0.270. The van der Waals surface area contributed by atoms with Crippen LogP contribution in [0.25, 0.3) is 10.9 Å². The average molecular weight is 564 g/mol. The maximum absolute atomic E-state index is 13.5. The van der Waals surface area contributed by atoms with Gasteiger partial charge < -0.3 is 10.1 Å². The summed E-state index contributed by atoms with van der Waals surface area (Å²) in [4.78, 5) is 20.1. The van der Waals surface area contributed by atoms with Crippen LogP contribution in [-0.4, -0.2) is 42.0 Å². The molecule has 5 nitrogen and oxygen atoms in total. The van der Waals surface area contributed by atoms with Crippen molar-refractivity contribution in [2.75, 3.05) is 20.2 Å². The summed E-state index contributed by atoms with van der Waals surface area (Å²) in [5, 5.41) is 3.48. The van der Waals surface area contributed by atoms with Gasteiger partial charge in [-0.1, -0.05) is 6.08 Å². The average Bonchev–Trinajstić information content (AvgIpc) is 2.94. The molecule has 5 atom stereocenters. The van der Waals surface area contributed by atoms with Crippen LogP contribution in [0.4, 0.5) is 26.3 Å². The predicted octanol–water partition coefficient (Wildman–Crippen LogP) is 6.65. The number of ether oxygens (including phenoxy) is 1. The summed E-state index contributed by atoms with van der Waals surface area (Å²) in [7, 11) is 1.50. The van der Waals surface area contributed by atoms with E-state index in [0.29, 0.717) is 53.2 Å². The Hall–Kier alpha value is -3.60. The fraction of sp³-hybridized carbons (Fsp3) is 0.379. The molecule has 2 aromatic carbocycles. The van der Waals surface area contributed by atoms with Gasteiger partial charge in [0.15, 0.2) is 0 Å². The van der Waals surface area contributed by atoms with Gasteiger partial charge in [0.1, 0.15) is 5.75 Å². The molecule has 0 saturated carbocycles.